The molecule has 0 spiro atoms. The summed E-state index contributed by atoms with van der Waals surface area (Å²) in [6.45, 7) is 11.2. The molecule has 4 N–H and O–H groups in total. The zero-order valence-electron chi connectivity index (χ0n) is 24.3. The van der Waals surface area contributed by atoms with Gasteiger partial charge in [-0.25, -0.2) is 4.79 Å². The molecule has 0 aromatic heterocycles. The molecule has 9 heteroatoms. The molecule has 1 aromatic rings. The van der Waals surface area contributed by atoms with Gasteiger partial charge in [0, 0.05) is 18.5 Å². The summed E-state index contributed by atoms with van der Waals surface area (Å²) in [7, 11) is 0. The van der Waals surface area contributed by atoms with Crippen molar-refractivity contribution in [1.82, 2.24) is 15.5 Å². The Hall–Kier alpha value is -3.10. The van der Waals surface area contributed by atoms with Crippen LogP contribution in [0.15, 0.2) is 18.2 Å². The highest BCUT2D eigenvalue weighted by molar-refractivity contribution is 5.93. The van der Waals surface area contributed by atoms with Gasteiger partial charge in [0.2, 0.25) is 17.7 Å². The fraction of sp³-hybridized carbons (Fsp3) is 0.667. The van der Waals surface area contributed by atoms with E-state index in [0.29, 0.717) is 0 Å². The molecule has 4 unspecified atom stereocenters. The molecule has 3 rings (SSSR count). The number of nitrogens with zero attached hydrogens (tertiary/aromatic N) is 1. The van der Waals surface area contributed by atoms with Crippen LogP contribution in [0.1, 0.15) is 102 Å². The number of primary amides is 1. The van der Waals surface area contributed by atoms with E-state index in [1.807, 2.05) is 39.0 Å². The SMILES string of the molecule is Cc1ccc(C(C(=O)NC2CCCCC2)N(C(=O)C(CCC(N)=O)NC(=O)OC(C)(C)C)C2CC2C)cc1C. The number of amides is 4. The van der Waals surface area contributed by atoms with Crippen molar-refractivity contribution in [3.8, 4) is 0 Å². The molecule has 4 amide bonds. The van der Waals surface area contributed by atoms with Gasteiger partial charge < -0.3 is 26.0 Å². The first-order chi connectivity index (χ1) is 18.3. The van der Waals surface area contributed by atoms with E-state index < -0.39 is 35.6 Å². The van der Waals surface area contributed by atoms with Crippen LogP contribution in [0.5, 0.6) is 0 Å². The molecule has 9 nitrogen and oxygen atoms in total. The van der Waals surface area contributed by atoms with Crippen molar-refractivity contribution < 1.29 is 23.9 Å². The summed E-state index contributed by atoms with van der Waals surface area (Å²) in [6, 6.07) is 3.79. The number of rotatable bonds is 10. The molecule has 216 valence electrons. The van der Waals surface area contributed by atoms with Gasteiger partial charge in [0.1, 0.15) is 17.7 Å². The van der Waals surface area contributed by atoms with Gasteiger partial charge in [-0.1, -0.05) is 44.4 Å². The maximum Gasteiger partial charge on any atom is 0.408 e. The number of benzene rings is 1. The zero-order chi connectivity index (χ0) is 28.9. The highest BCUT2D eigenvalue weighted by Crippen LogP contribution is 2.41. The van der Waals surface area contributed by atoms with E-state index in [9.17, 15) is 19.2 Å². The van der Waals surface area contributed by atoms with Crippen LogP contribution in [0.3, 0.4) is 0 Å². The number of alkyl carbamates (subject to hydrolysis) is 1. The topological polar surface area (TPSA) is 131 Å². The smallest absolute Gasteiger partial charge is 0.408 e. The van der Waals surface area contributed by atoms with E-state index in [0.717, 1.165) is 55.2 Å². The number of hydrogen-bond donors (Lipinski definition) is 3. The minimum Gasteiger partial charge on any atom is -0.444 e. The number of nitrogens with two attached hydrogens (primary N) is 1. The van der Waals surface area contributed by atoms with Crippen molar-refractivity contribution in [3.05, 3.63) is 34.9 Å². The number of carbonyl (C=O) groups excluding carboxylic acids is 4. The Morgan fingerprint density at radius 3 is 2.26 bits per heavy atom. The van der Waals surface area contributed by atoms with Crippen molar-refractivity contribution in [1.29, 1.82) is 0 Å². The van der Waals surface area contributed by atoms with Gasteiger partial charge in [-0.05, 0) is 82.9 Å². The summed E-state index contributed by atoms with van der Waals surface area (Å²) < 4.78 is 5.41. The third-order valence-electron chi connectivity index (χ3n) is 7.67. The largest absolute Gasteiger partial charge is 0.444 e. The Bertz CT molecular complexity index is 1060. The first kappa shape index (κ1) is 30.4. The van der Waals surface area contributed by atoms with Crippen molar-refractivity contribution in [3.63, 3.8) is 0 Å². The minimum atomic E-state index is -1.07. The van der Waals surface area contributed by atoms with Crippen LogP contribution in [0.4, 0.5) is 4.79 Å². The lowest BCUT2D eigenvalue weighted by atomic mass is 9.93. The first-order valence-corrected chi connectivity index (χ1v) is 14.2. The average molecular weight is 543 g/mol. The van der Waals surface area contributed by atoms with Gasteiger partial charge in [0.25, 0.3) is 0 Å². The molecular weight excluding hydrogens is 496 g/mol. The predicted octanol–water partition coefficient (Wildman–Crippen LogP) is 4.19. The third-order valence-corrected chi connectivity index (χ3v) is 7.67. The van der Waals surface area contributed by atoms with Gasteiger partial charge in [-0.3, -0.25) is 14.4 Å². The molecule has 39 heavy (non-hydrogen) atoms. The fourth-order valence-electron chi connectivity index (χ4n) is 5.25. The van der Waals surface area contributed by atoms with Gasteiger partial charge in [-0.15, -0.1) is 0 Å². The van der Waals surface area contributed by atoms with Crippen LogP contribution in [0.2, 0.25) is 0 Å². The Labute approximate surface area is 232 Å². The first-order valence-electron chi connectivity index (χ1n) is 14.2. The summed E-state index contributed by atoms with van der Waals surface area (Å²) in [6.07, 6.45) is 5.03. The average Bonchev–Trinajstić information content (AvgIpc) is 3.56. The lowest BCUT2D eigenvalue weighted by Gasteiger charge is -2.36. The summed E-state index contributed by atoms with van der Waals surface area (Å²) in [5.74, 6) is -1.02. The highest BCUT2D eigenvalue weighted by atomic mass is 16.6. The Kier molecular flexibility index (Phi) is 10.0. The number of nitrogens with one attached hydrogen (secondary N) is 2. The van der Waals surface area contributed by atoms with Crippen molar-refractivity contribution >= 4 is 23.8 Å². The second kappa shape index (κ2) is 12.8. The van der Waals surface area contributed by atoms with E-state index in [4.69, 9.17) is 10.5 Å². The molecule has 2 saturated carbocycles. The third kappa shape index (κ3) is 8.70. The Morgan fingerprint density at radius 1 is 1.08 bits per heavy atom. The lowest BCUT2D eigenvalue weighted by Crippen LogP contribution is -2.55. The second-order valence-electron chi connectivity index (χ2n) is 12.3. The zero-order valence-corrected chi connectivity index (χ0v) is 24.3. The normalized spacial score (nSPS) is 20.9. The molecule has 1 aromatic carbocycles. The van der Waals surface area contributed by atoms with Gasteiger partial charge >= 0.3 is 6.09 Å². The minimum absolute atomic E-state index is 0.00883. The molecule has 0 aliphatic heterocycles. The predicted molar refractivity (Wildman–Crippen MR) is 150 cm³/mol. The maximum absolute atomic E-state index is 14.3. The molecule has 2 fully saturated rings. The number of aryl methyl sites for hydroxylation is 2. The molecule has 2 aliphatic rings. The standard InChI is InChI=1S/C30H46N4O5/c1-18-12-13-21(16-19(18)2)26(27(36)32-22-10-8-7-9-11-22)34(24-17-20(24)3)28(37)23(14-15-25(31)35)33-29(38)39-30(4,5)6/h12-13,16,20,22-24,26H,7-11,14-15,17H2,1-6H3,(H2,31,35)(H,32,36)(H,33,38). The molecule has 0 bridgehead atoms. The summed E-state index contributed by atoms with van der Waals surface area (Å²) in [5, 5.41) is 5.89. The van der Waals surface area contributed by atoms with Crippen LogP contribution >= 0.6 is 0 Å². The van der Waals surface area contributed by atoms with Crippen LogP contribution in [0.25, 0.3) is 0 Å². The molecule has 0 radical (unpaired) electrons. The fourth-order valence-corrected chi connectivity index (χ4v) is 5.25. The van der Waals surface area contributed by atoms with Crippen LogP contribution in [-0.2, 0) is 19.1 Å². The van der Waals surface area contributed by atoms with E-state index >= 15 is 0 Å². The summed E-state index contributed by atoms with van der Waals surface area (Å²) in [4.78, 5) is 54.3. The van der Waals surface area contributed by atoms with Crippen LogP contribution in [-0.4, -0.2) is 52.4 Å². The monoisotopic (exact) mass is 542 g/mol. The molecular formula is C30H46N4O5. The Balaban J connectivity index is 1.99. The number of ether oxygens (including phenoxy) is 1. The van der Waals surface area contributed by atoms with Gasteiger partial charge in [0.05, 0.1) is 0 Å². The molecule has 4 atom stereocenters. The van der Waals surface area contributed by atoms with Gasteiger partial charge in [-0.2, -0.15) is 0 Å². The second-order valence-corrected chi connectivity index (χ2v) is 12.3. The quantitative estimate of drug-likeness (QED) is 0.408. The Morgan fingerprint density at radius 2 is 1.72 bits per heavy atom. The summed E-state index contributed by atoms with van der Waals surface area (Å²) >= 11 is 0. The van der Waals surface area contributed by atoms with Crippen molar-refractivity contribution in [2.45, 2.75) is 123 Å². The van der Waals surface area contributed by atoms with Gasteiger partial charge in [0.15, 0.2) is 0 Å². The highest BCUT2D eigenvalue weighted by Gasteiger charge is 2.48. The molecule has 2 aliphatic carbocycles. The number of carbonyl (C=O) groups is 4. The van der Waals surface area contributed by atoms with Crippen LogP contribution in [0, 0.1) is 19.8 Å². The molecule has 0 saturated heterocycles. The molecule has 0 heterocycles. The lowest BCUT2D eigenvalue weighted by molar-refractivity contribution is -0.144. The van der Waals surface area contributed by atoms with Crippen molar-refractivity contribution in [2.75, 3.05) is 0 Å². The van der Waals surface area contributed by atoms with E-state index in [2.05, 4.69) is 10.6 Å². The van der Waals surface area contributed by atoms with E-state index in [1.54, 1.807) is 25.7 Å². The van der Waals surface area contributed by atoms with Crippen LogP contribution < -0.4 is 16.4 Å². The van der Waals surface area contributed by atoms with E-state index in [-0.39, 0.29) is 36.8 Å². The number of hydrogen-bond acceptors (Lipinski definition) is 5. The van der Waals surface area contributed by atoms with Crippen molar-refractivity contribution in [2.24, 2.45) is 11.7 Å². The maximum atomic E-state index is 14.3. The summed E-state index contributed by atoms with van der Waals surface area (Å²) in [5.41, 5.74) is 7.48. The van der Waals surface area contributed by atoms with E-state index in [1.165, 1.54) is 0 Å².